The summed E-state index contributed by atoms with van der Waals surface area (Å²) in [7, 11) is 0. The molecule has 0 amide bonds. The van der Waals surface area contributed by atoms with Gasteiger partial charge in [0, 0.05) is 45.0 Å². The highest BCUT2D eigenvalue weighted by atomic mass is 15.3. The Bertz CT molecular complexity index is 148. The van der Waals surface area contributed by atoms with Crippen LogP contribution in [0.5, 0.6) is 0 Å². The van der Waals surface area contributed by atoms with E-state index < -0.39 is 0 Å². The number of nitrogens with zero attached hydrogens (tertiary/aromatic N) is 2. The molecule has 2 N–H and O–H groups in total. The van der Waals surface area contributed by atoms with E-state index in [0.717, 1.165) is 39.3 Å². The molecule has 12 heavy (non-hydrogen) atoms. The van der Waals surface area contributed by atoms with E-state index in [0.29, 0.717) is 0 Å². The van der Waals surface area contributed by atoms with E-state index >= 15 is 0 Å². The third-order valence-corrected chi connectivity index (χ3v) is 2.36. The number of rotatable bonds is 3. The van der Waals surface area contributed by atoms with E-state index in [-0.39, 0.29) is 0 Å². The first-order valence-electron chi connectivity index (χ1n) is 4.57. The highest BCUT2D eigenvalue weighted by molar-refractivity contribution is 4.91. The van der Waals surface area contributed by atoms with Gasteiger partial charge in [0.25, 0.3) is 0 Å². The third-order valence-electron chi connectivity index (χ3n) is 2.36. The van der Waals surface area contributed by atoms with E-state index in [1.54, 1.807) is 0 Å². The highest BCUT2D eigenvalue weighted by Crippen LogP contribution is 2.05. The van der Waals surface area contributed by atoms with E-state index in [2.05, 4.69) is 23.3 Å². The minimum atomic E-state index is 0.771. The molecule has 70 valence electrons. The highest BCUT2D eigenvalue weighted by Gasteiger charge is 2.14. The topological polar surface area (TPSA) is 32.5 Å². The summed E-state index contributed by atoms with van der Waals surface area (Å²) in [5.74, 6) is 0. The molecule has 0 aliphatic carbocycles. The first kappa shape index (κ1) is 9.55. The van der Waals surface area contributed by atoms with Gasteiger partial charge >= 0.3 is 0 Å². The first-order chi connectivity index (χ1) is 5.74. The molecule has 0 unspecified atom stereocenters. The lowest BCUT2D eigenvalue weighted by molar-refractivity contribution is 0.163. The predicted octanol–water partition coefficient (Wildman–Crippen LogP) is 0.0963. The van der Waals surface area contributed by atoms with Crippen molar-refractivity contribution in [1.29, 1.82) is 0 Å². The summed E-state index contributed by atoms with van der Waals surface area (Å²) in [6.07, 6.45) is 0. The van der Waals surface area contributed by atoms with Gasteiger partial charge in [0.15, 0.2) is 0 Å². The quantitative estimate of drug-likeness (QED) is 0.650. The zero-order valence-electron chi connectivity index (χ0n) is 7.92. The summed E-state index contributed by atoms with van der Waals surface area (Å²) < 4.78 is 0. The first-order valence-corrected chi connectivity index (χ1v) is 4.57. The Morgan fingerprint density at radius 3 is 2.33 bits per heavy atom. The fourth-order valence-electron chi connectivity index (χ4n) is 1.54. The van der Waals surface area contributed by atoms with Crippen LogP contribution in [0.3, 0.4) is 0 Å². The molecule has 0 aromatic heterocycles. The second-order valence-corrected chi connectivity index (χ2v) is 3.35. The lowest BCUT2D eigenvalue weighted by atomic mass is 10.3. The second kappa shape index (κ2) is 4.48. The normalized spacial score (nSPS) is 19.7. The smallest absolute Gasteiger partial charge is 0.0303 e. The Morgan fingerprint density at radius 1 is 1.33 bits per heavy atom. The molecule has 0 aromatic rings. The second-order valence-electron chi connectivity index (χ2n) is 3.35. The monoisotopic (exact) mass is 169 g/mol. The van der Waals surface area contributed by atoms with Gasteiger partial charge in [-0.1, -0.05) is 6.58 Å². The summed E-state index contributed by atoms with van der Waals surface area (Å²) in [6, 6.07) is 0. The molecular formula is C9H19N3. The molecule has 1 aliphatic heterocycles. The van der Waals surface area contributed by atoms with Crippen LogP contribution in [0.25, 0.3) is 0 Å². The predicted molar refractivity (Wildman–Crippen MR) is 51.9 cm³/mol. The van der Waals surface area contributed by atoms with Crippen LogP contribution in [0, 0.1) is 0 Å². The van der Waals surface area contributed by atoms with Gasteiger partial charge in [-0.05, 0) is 6.92 Å². The lowest BCUT2D eigenvalue weighted by Crippen LogP contribution is -2.46. The number of hydrogen-bond donors (Lipinski definition) is 1. The van der Waals surface area contributed by atoms with E-state index in [1.165, 1.54) is 5.70 Å². The van der Waals surface area contributed by atoms with Crippen molar-refractivity contribution in [3.05, 3.63) is 12.3 Å². The van der Waals surface area contributed by atoms with Gasteiger partial charge in [0.1, 0.15) is 0 Å². The van der Waals surface area contributed by atoms with Crippen LogP contribution in [0.15, 0.2) is 12.3 Å². The van der Waals surface area contributed by atoms with Crippen molar-refractivity contribution in [1.82, 2.24) is 9.80 Å². The van der Waals surface area contributed by atoms with Crippen molar-refractivity contribution in [3.63, 3.8) is 0 Å². The van der Waals surface area contributed by atoms with E-state index in [1.807, 2.05) is 0 Å². The maximum Gasteiger partial charge on any atom is 0.0303 e. The molecule has 1 aliphatic rings. The van der Waals surface area contributed by atoms with Gasteiger partial charge in [-0.3, -0.25) is 4.90 Å². The van der Waals surface area contributed by atoms with Crippen LogP contribution >= 0.6 is 0 Å². The summed E-state index contributed by atoms with van der Waals surface area (Å²) in [5.41, 5.74) is 6.66. The van der Waals surface area contributed by atoms with Crippen molar-refractivity contribution in [2.45, 2.75) is 6.92 Å². The van der Waals surface area contributed by atoms with Gasteiger partial charge in [-0.2, -0.15) is 0 Å². The largest absolute Gasteiger partial charge is 0.373 e. The van der Waals surface area contributed by atoms with E-state index in [4.69, 9.17) is 5.73 Å². The van der Waals surface area contributed by atoms with Crippen molar-refractivity contribution in [2.24, 2.45) is 5.73 Å². The minimum absolute atomic E-state index is 0.771. The molecular weight excluding hydrogens is 150 g/mol. The number of allylic oxidation sites excluding steroid dienone is 1. The summed E-state index contributed by atoms with van der Waals surface area (Å²) >= 11 is 0. The molecule has 1 fully saturated rings. The zero-order chi connectivity index (χ0) is 8.97. The molecule has 0 saturated carbocycles. The molecule has 0 atom stereocenters. The fourth-order valence-corrected chi connectivity index (χ4v) is 1.54. The Balaban J connectivity index is 2.25. The average molecular weight is 169 g/mol. The maximum absolute atomic E-state index is 5.48. The summed E-state index contributed by atoms with van der Waals surface area (Å²) in [5, 5.41) is 0. The van der Waals surface area contributed by atoms with Crippen molar-refractivity contribution in [2.75, 3.05) is 39.3 Å². The van der Waals surface area contributed by atoms with Gasteiger partial charge in [-0.15, -0.1) is 0 Å². The molecule has 1 rings (SSSR count). The summed E-state index contributed by atoms with van der Waals surface area (Å²) in [4.78, 5) is 4.73. The standard InChI is InChI=1S/C9H19N3/c1-9(2)12-7-5-11(4-3-10)6-8-12/h1,3-8,10H2,2H3. The van der Waals surface area contributed by atoms with Gasteiger partial charge in [-0.25, -0.2) is 0 Å². The molecule has 3 nitrogen and oxygen atoms in total. The van der Waals surface area contributed by atoms with Crippen LogP contribution in [0.4, 0.5) is 0 Å². The molecule has 0 bridgehead atoms. The molecule has 0 radical (unpaired) electrons. The Kier molecular flexibility index (Phi) is 3.56. The van der Waals surface area contributed by atoms with E-state index in [9.17, 15) is 0 Å². The van der Waals surface area contributed by atoms with Crippen LogP contribution in [0.1, 0.15) is 6.92 Å². The Hall–Kier alpha value is -0.540. The zero-order valence-corrected chi connectivity index (χ0v) is 7.92. The number of piperazine rings is 1. The third kappa shape index (κ3) is 2.50. The molecule has 0 spiro atoms. The number of nitrogens with two attached hydrogens (primary N) is 1. The van der Waals surface area contributed by atoms with Crippen LogP contribution in [0.2, 0.25) is 0 Å². The molecule has 1 heterocycles. The lowest BCUT2D eigenvalue weighted by Gasteiger charge is -2.35. The molecule has 0 aromatic carbocycles. The Morgan fingerprint density at radius 2 is 1.92 bits per heavy atom. The van der Waals surface area contributed by atoms with Gasteiger partial charge in [0.05, 0.1) is 0 Å². The van der Waals surface area contributed by atoms with Gasteiger partial charge < -0.3 is 10.6 Å². The summed E-state index contributed by atoms with van der Waals surface area (Å²) in [6.45, 7) is 12.3. The Labute approximate surface area is 74.8 Å². The van der Waals surface area contributed by atoms with Crippen molar-refractivity contribution < 1.29 is 0 Å². The fraction of sp³-hybridized carbons (Fsp3) is 0.778. The number of hydrogen-bond acceptors (Lipinski definition) is 3. The van der Waals surface area contributed by atoms with Crippen molar-refractivity contribution in [3.8, 4) is 0 Å². The van der Waals surface area contributed by atoms with Crippen molar-refractivity contribution >= 4 is 0 Å². The minimum Gasteiger partial charge on any atom is -0.373 e. The van der Waals surface area contributed by atoms with Gasteiger partial charge in [0.2, 0.25) is 0 Å². The van der Waals surface area contributed by atoms with Crippen LogP contribution < -0.4 is 5.73 Å². The molecule has 3 heteroatoms. The van der Waals surface area contributed by atoms with Crippen LogP contribution in [-0.2, 0) is 0 Å². The maximum atomic E-state index is 5.48. The molecule has 1 saturated heterocycles. The SMILES string of the molecule is C=C(C)N1CCN(CCN)CC1. The van der Waals surface area contributed by atoms with Crippen LogP contribution in [-0.4, -0.2) is 49.1 Å². The average Bonchev–Trinajstić information content (AvgIpc) is 2.06.